The van der Waals surface area contributed by atoms with Gasteiger partial charge in [0, 0.05) is 5.92 Å². The van der Waals surface area contributed by atoms with Gasteiger partial charge in [-0.3, -0.25) is 4.79 Å². The Morgan fingerprint density at radius 3 is 2.40 bits per heavy atom. The normalized spacial score (nSPS) is 20.5. The molecule has 1 rings (SSSR count). The second kappa shape index (κ2) is 3.56. The van der Waals surface area contributed by atoms with Gasteiger partial charge in [0.05, 0.1) is 0 Å². The van der Waals surface area contributed by atoms with Crippen LogP contribution in [0.2, 0.25) is 0 Å². The van der Waals surface area contributed by atoms with E-state index in [-0.39, 0.29) is 11.8 Å². The summed E-state index contributed by atoms with van der Waals surface area (Å²) in [7, 11) is 0. The first-order valence-electron chi connectivity index (χ1n) is 3.76. The average molecular weight is 142 g/mol. The lowest BCUT2D eigenvalue weighted by Gasteiger charge is -2.22. The summed E-state index contributed by atoms with van der Waals surface area (Å²) in [6.45, 7) is 0. The molecular formula is C7H12NO2-. The number of nitrogens with one attached hydrogen (secondary N) is 1. The summed E-state index contributed by atoms with van der Waals surface area (Å²) in [5.41, 5.74) is 1.45. The highest BCUT2D eigenvalue weighted by Gasteiger charge is 2.18. The highest BCUT2D eigenvalue weighted by atomic mass is 16.5. The van der Waals surface area contributed by atoms with Crippen molar-refractivity contribution in [3.63, 3.8) is 0 Å². The van der Waals surface area contributed by atoms with Crippen LogP contribution in [-0.4, -0.2) is 5.91 Å². The van der Waals surface area contributed by atoms with Crippen LogP contribution in [0.3, 0.4) is 0 Å². The van der Waals surface area contributed by atoms with Crippen LogP contribution >= 0.6 is 0 Å². The number of amides is 1. The Morgan fingerprint density at radius 2 is 1.90 bits per heavy atom. The van der Waals surface area contributed by atoms with Crippen LogP contribution in [0.1, 0.15) is 32.1 Å². The van der Waals surface area contributed by atoms with Crippen LogP contribution in [0.25, 0.3) is 0 Å². The number of carbonyl (C=O) groups excluding carboxylic acids is 1. The Morgan fingerprint density at radius 1 is 1.30 bits per heavy atom. The van der Waals surface area contributed by atoms with Crippen LogP contribution < -0.4 is 5.48 Å². The van der Waals surface area contributed by atoms with Gasteiger partial charge in [-0.25, -0.2) is 0 Å². The Bertz CT molecular complexity index is 119. The predicted octanol–water partition coefficient (Wildman–Crippen LogP) is 1.18. The van der Waals surface area contributed by atoms with E-state index < -0.39 is 0 Å². The van der Waals surface area contributed by atoms with Gasteiger partial charge < -0.3 is 10.7 Å². The molecule has 0 spiro atoms. The quantitative estimate of drug-likeness (QED) is 0.559. The number of hydrogen-bond donors (Lipinski definition) is 1. The summed E-state index contributed by atoms with van der Waals surface area (Å²) >= 11 is 0. The third-order valence-electron chi connectivity index (χ3n) is 2.08. The SMILES string of the molecule is O=C(N[O-])C1CCCCC1. The molecule has 0 aromatic rings. The summed E-state index contributed by atoms with van der Waals surface area (Å²) in [5, 5.41) is 9.93. The molecule has 10 heavy (non-hydrogen) atoms. The molecule has 58 valence electrons. The molecule has 0 heterocycles. The van der Waals surface area contributed by atoms with Crippen molar-refractivity contribution in [1.29, 1.82) is 0 Å². The van der Waals surface area contributed by atoms with Gasteiger partial charge in [-0.2, -0.15) is 0 Å². The minimum absolute atomic E-state index is 0.00579. The highest BCUT2D eigenvalue weighted by molar-refractivity contribution is 5.78. The van der Waals surface area contributed by atoms with E-state index in [2.05, 4.69) is 0 Å². The second-order valence-electron chi connectivity index (χ2n) is 2.80. The zero-order chi connectivity index (χ0) is 7.40. The molecule has 0 radical (unpaired) electrons. The highest BCUT2D eigenvalue weighted by Crippen LogP contribution is 2.23. The van der Waals surface area contributed by atoms with Crippen molar-refractivity contribution >= 4 is 5.91 Å². The molecule has 3 heteroatoms. The molecule has 3 nitrogen and oxygen atoms in total. The lowest BCUT2D eigenvalue weighted by Crippen LogP contribution is -2.27. The molecule has 0 unspecified atom stereocenters. The molecule has 0 saturated heterocycles. The van der Waals surface area contributed by atoms with E-state index >= 15 is 0 Å². The fraction of sp³-hybridized carbons (Fsp3) is 0.857. The lowest BCUT2D eigenvalue weighted by atomic mass is 9.89. The van der Waals surface area contributed by atoms with Gasteiger partial charge in [0.2, 0.25) is 5.91 Å². The third kappa shape index (κ3) is 1.70. The Hall–Kier alpha value is -0.570. The Labute approximate surface area is 60.4 Å². The first kappa shape index (κ1) is 7.54. The molecule has 0 atom stereocenters. The van der Waals surface area contributed by atoms with Crippen LogP contribution in [-0.2, 0) is 4.79 Å². The van der Waals surface area contributed by atoms with E-state index in [1.807, 2.05) is 0 Å². The van der Waals surface area contributed by atoms with E-state index in [4.69, 9.17) is 0 Å². The Balaban J connectivity index is 2.31. The first-order valence-corrected chi connectivity index (χ1v) is 3.76. The van der Waals surface area contributed by atoms with Crippen molar-refractivity contribution in [3.05, 3.63) is 5.21 Å². The molecule has 1 N–H and O–H groups in total. The van der Waals surface area contributed by atoms with Crippen molar-refractivity contribution in [2.24, 2.45) is 5.92 Å². The summed E-state index contributed by atoms with van der Waals surface area (Å²) < 4.78 is 0. The molecule has 1 saturated carbocycles. The number of rotatable bonds is 1. The van der Waals surface area contributed by atoms with Gasteiger partial charge >= 0.3 is 0 Å². The van der Waals surface area contributed by atoms with Gasteiger partial charge in [-0.1, -0.05) is 19.3 Å². The van der Waals surface area contributed by atoms with E-state index in [9.17, 15) is 10.0 Å². The van der Waals surface area contributed by atoms with Gasteiger partial charge in [-0.15, -0.1) is 0 Å². The van der Waals surface area contributed by atoms with E-state index in [0.717, 1.165) is 25.7 Å². The Kier molecular flexibility index (Phi) is 2.68. The maximum absolute atomic E-state index is 10.7. The van der Waals surface area contributed by atoms with Crippen molar-refractivity contribution in [3.8, 4) is 0 Å². The molecule has 1 amide bonds. The van der Waals surface area contributed by atoms with E-state index in [0.29, 0.717) is 0 Å². The van der Waals surface area contributed by atoms with E-state index in [1.165, 1.54) is 11.9 Å². The molecule has 1 aliphatic rings. The maximum atomic E-state index is 10.7. The topological polar surface area (TPSA) is 52.2 Å². The monoisotopic (exact) mass is 142 g/mol. The number of hydrogen-bond acceptors (Lipinski definition) is 2. The van der Waals surface area contributed by atoms with Crippen molar-refractivity contribution < 1.29 is 4.79 Å². The fourth-order valence-electron chi connectivity index (χ4n) is 1.45. The summed E-state index contributed by atoms with van der Waals surface area (Å²) in [6.07, 6.45) is 5.20. The average Bonchev–Trinajstić information content (AvgIpc) is 2.05. The molecule has 1 fully saturated rings. The molecular weight excluding hydrogens is 130 g/mol. The molecule has 0 bridgehead atoms. The third-order valence-corrected chi connectivity index (χ3v) is 2.08. The summed E-state index contributed by atoms with van der Waals surface area (Å²) in [5.74, 6) is -0.314. The number of carbonyl (C=O) groups is 1. The van der Waals surface area contributed by atoms with Crippen LogP contribution in [0, 0.1) is 11.1 Å². The molecule has 0 aromatic carbocycles. The van der Waals surface area contributed by atoms with Crippen LogP contribution in [0.5, 0.6) is 0 Å². The van der Waals surface area contributed by atoms with Gasteiger partial charge in [0.15, 0.2) is 0 Å². The zero-order valence-electron chi connectivity index (χ0n) is 5.93. The van der Waals surface area contributed by atoms with Gasteiger partial charge in [0.25, 0.3) is 0 Å². The standard InChI is InChI=1S/C7H12NO2/c9-7(8-10)6-4-2-1-3-5-6/h6H,1-5H2,(H-,8,9,10)/q-1. The molecule has 0 aromatic heterocycles. The second-order valence-corrected chi connectivity index (χ2v) is 2.80. The smallest absolute Gasteiger partial charge is 0.212 e. The van der Waals surface area contributed by atoms with Crippen LogP contribution in [0.15, 0.2) is 0 Å². The fourth-order valence-corrected chi connectivity index (χ4v) is 1.45. The maximum Gasteiger partial charge on any atom is 0.212 e. The predicted molar refractivity (Wildman–Crippen MR) is 38.1 cm³/mol. The summed E-state index contributed by atoms with van der Waals surface area (Å²) in [4.78, 5) is 10.7. The van der Waals surface area contributed by atoms with Crippen LogP contribution in [0.4, 0.5) is 0 Å². The summed E-state index contributed by atoms with van der Waals surface area (Å²) in [6, 6.07) is 0. The van der Waals surface area contributed by atoms with Gasteiger partial charge in [-0.05, 0) is 12.8 Å². The van der Waals surface area contributed by atoms with Crippen molar-refractivity contribution in [2.75, 3.05) is 0 Å². The number of hydroxylamine groups is 1. The van der Waals surface area contributed by atoms with Gasteiger partial charge in [0.1, 0.15) is 0 Å². The van der Waals surface area contributed by atoms with Crippen molar-refractivity contribution in [2.45, 2.75) is 32.1 Å². The molecule has 1 aliphatic carbocycles. The molecule has 0 aliphatic heterocycles. The lowest BCUT2D eigenvalue weighted by molar-refractivity contribution is -0.124. The van der Waals surface area contributed by atoms with Crippen molar-refractivity contribution in [1.82, 2.24) is 5.48 Å². The van der Waals surface area contributed by atoms with E-state index in [1.54, 1.807) is 0 Å². The first-order chi connectivity index (χ1) is 4.84. The minimum Gasteiger partial charge on any atom is -0.759 e. The largest absolute Gasteiger partial charge is 0.759 e. The minimum atomic E-state index is -0.320. The zero-order valence-corrected chi connectivity index (χ0v) is 5.93.